The van der Waals surface area contributed by atoms with Crippen molar-refractivity contribution >= 4 is 39.5 Å². The topological polar surface area (TPSA) is 237 Å². The minimum atomic E-state index is -4.99. The minimum absolute atomic E-state index is 0.0164. The predicted octanol–water partition coefficient (Wildman–Crippen LogP) is 22.6. The molecule has 0 radical (unpaired) electrons. The molecule has 3 N–H and O–H groups in total. The number of ether oxygens (including phenoxy) is 4. The molecule has 17 nitrogen and oxygen atoms in total. The molecule has 0 saturated heterocycles. The Kier molecular flexibility index (Phi) is 69.9. The van der Waals surface area contributed by atoms with Gasteiger partial charge in [-0.05, 0) is 148 Å². The molecule has 0 aromatic heterocycles. The molecular weight excluding hydrogens is 1310 g/mol. The molecule has 0 aliphatic heterocycles. The average Bonchev–Trinajstić information content (AvgIpc) is 1.13. The predicted molar refractivity (Wildman–Crippen MR) is 408 cm³/mol. The zero-order valence-electron chi connectivity index (χ0n) is 62.8. The van der Waals surface area contributed by atoms with Gasteiger partial charge in [0, 0.05) is 25.7 Å². The van der Waals surface area contributed by atoms with Gasteiger partial charge in [-0.2, -0.15) is 0 Å². The normalized spacial score (nSPS) is 14.5. The van der Waals surface area contributed by atoms with Gasteiger partial charge in [-0.1, -0.05) is 259 Å². The molecule has 0 aromatic carbocycles. The van der Waals surface area contributed by atoms with Gasteiger partial charge in [-0.15, -0.1) is 0 Å². The highest BCUT2D eigenvalue weighted by Crippen LogP contribution is 2.45. The van der Waals surface area contributed by atoms with Crippen molar-refractivity contribution in [2.45, 2.75) is 341 Å². The largest absolute Gasteiger partial charge is 0.472 e. The maximum Gasteiger partial charge on any atom is 0.472 e. The third kappa shape index (κ3) is 72.1. The smallest absolute Gasteiger partial charge is 0.462 e. The van der Waals surface area contributed by atoms with Gasteiger partial charge in [0.05, 0.1) is 26.4 Å². The van der Waals surface area contributed by atoms with Gasteiger partial charge in [0.15, 0.2) is 12.2 Å². The van der Waals surface area contributed by atoms with Crippen LogP contribution in [-0.4, -0.2) is 96.7 Å². The number of esters is 4. The Morgan fingerprint density at radius 2 is 0.530 bits per heavy atom. The first-order valence-electron chi connectivity index (χ1n) is 39.1. The highest BCUT2D eigenvalue weighted by atomic mass is 31.2. The zero-order valence-corrected chi connectivity index (χ0v) is 64.6. The lowest BCUT2D eigenvalue weighted by Gasteiger charge is -2.21. The summed E-state index contributed by atoms with van der Waals surface area (Å²) in [5.41, 5.74) is 0. The number of phosphoric ester groups is 2. The van der Waals surface area contributed by atoms with Crippen LogP contribution in [0.1, 0.15) is 323 Å². The van der Waals surface area contributed by atoms with Crippen LogP contribution in [0.2, 0.25) is 0 Å². The third-order valence-electron chi connectivity index (χ3n) is 16.2. The van der Waals surface area contributed by atoms with Crippen LogP contribution < -0.4 is 0 Å². The molecule has 100 heavy (non-hydrogen) atoms. The van der Waals surface area contributed by atoms with Crippen molar-refractivity contribution in [2.75, 3.05) is 39.6 Å². The van der Waals surface area contributed by atoms with E-state index in [1.807, 2.05) is 12.2 Å². The van der Waals surface area contributed by atoms with E-state index in [0.717, 1.165) is 148 Å². The molecule has 0 aliphatic rings. The number of carbonyl (C=O) groups is 4. The third-order valence-corrected chi connectivity index (χ3v) is 18.1. The van der Waals surface area contributed by atoms with Crippen LogP contribution in [0.15, 0.2) is 109 Å². The van der Waals surface area contributed by atoms with Gasteiger partial charge < -0.3 is 33.8 Å². The number of allylic oxidation sites excluding steroid dienone is 18. The van der Waals surface area contributed by atoms with Crippen molar-refractivity contribution in [3.05, 3.63) is 109 Å². The van der Waals surface area contributed by atoms with Crippen molar-refractivity contribution in [1.82, 2.24) is 0 Å². The standard InChI is InChI=1S/C81H140O17P2/c1-5-9-13-17-21-25-29-33-36-37-40-44-48-52-56-60-64-68-81(86)98-76(71-91-78(83)65-61-57-53-49-45-41-32-28-24-20-16-12-8-4)73-95-99(87,88)93-69-75(82)70-94-100(89,90)96-74-77(97-80(85)67-63-59-55-51-47-43-39-35-31-27-23-19-15-11-7-3)72-92-79(84)66-62-58-54-50-46-42-38-34-30-26-22-18-14-10-6-2/h21,23,25-28,30,32-36,38-40,44,52,56,75-77,82H,5-20,22,24,29,31,37,41-43,45-51,53-55,57-74H2,1-4H3,(H,87,88)(H,89,90)/b25-21-,27-23-,30-26-,32-28-,36-33-,38-34-,39-35-,44-40-,56-52-/t75-,76-,77-/m1/s1. The van der Waals surface area contributed by atoms with E-state index >= 15 is 0 Å². The molecule has 5 atom stereocenters. The number of aliphatic hydroxyl groups excluding tert-OH is 1. The fourth-order valence-corrected chi connectivity index (χ4v) is 11.7. The van der Waals surface area contributed by atoms with Crippen LogP contribution in [0.3, 0.4) is 0 Å². The number of hydrogen-bond donors (Lipinski definition) is 3. The molecule has 0 spiro atoms. The second kappa shape index (κ2) is 73.0. The van der Waals surface area contributed by atoms with Crippen molar-refractivity contribution in [3.8, 4) is 0 Å². The fourth-order valence-electron chi connectivity index (χ4n) is 10.2. The number of unbranched alkanes of at least 4 members (excludes halogenated alkanes) is 30. The zero-order chi connectivity index (χ0) is 73.2. The van der Waals surface area contributed by atoms with Crippen LogP contribution in [-0.2, 0) is 65.4 Å². The summed E-state index contributed by atoms with van der Waals surface area (Å²) < 4.78 is 68.4. The van der Waals surface area contributed by atoms with E-state index in [0.29, 0.717) is 32.1 Å². The molecular formula is C81H140O17P2. The van der Waals surface area contributed by atoms with Crippen LogP contribution in [0.4, 0.5) is 0 Å². The Bertz CT molecular complexity index is 2320. The van der Waals surface area contributed by atoms with Crippen LogP contribution >= 0.6 is 15.6 Å². The van der Waals surface area contributed by atoms with E-state index < -0.39 is 97.5 Å². The molecule has 0 saturated carbocycles. The van der Waals surface area contributed by atoms with Crippen molar-refractivity contribution in [3.63, 3.8) is 0 Å². The van der Waals surface area contributed by atoms with Gasteiger partial charge in [0.1, 0.15) is 19.3 Å². The highest BCUT2D eigenvalue weighted by Gasteiger charge is 2.30. The number of carbonyl (C=O) groups excluding carboxylic acids is 4. The summed E-state index contributed by atoms with van der Waals surface area (Å²) >= 11 is 0. The molecule has 0 fully saturated rings. The first-order chi connectivity index (χ1) is 48.7. The molecule has 2 unspecified atom stereocenters. The average molecular weight is 1450 g/mol. The second-order valence-electron chi connectivity index (χ2n) is 26.0. The fraction of sp³-hybridized carbons (Fsp3) is 0.728. The molecule has 0 amide bonds. The lowest BCUT2D eigenvalue weighted by atomic mass is 10.1. The summed E-state index contributed by atoms with van der Waals surface area (Å²) in [4.78, 5) is 72.9. The summed E-state index contributed by atoms with van der Waals surface area (Å²) in [6.45, 7) is 4.69. The lowest BCUT2D eigenvalue weighted by Crippen LogP contribution is -2.30. The van der Waals surface area contributed by atoms with Crippen molar-refractivity contribution in [1.29, 1.82) is 0 Å². The first-order valence-corrected chi connectivity index (χ1v) is 42.1. The number of phosphoric acid groups is 2. The monoisotopic (exact) mass is 1450 g/mol. The van der Waals surface area contributed by atoms with Gasteiger partial charge >= 0.3 is 39.5 Å². The van der Waals surface area contributed by atoms with Gasteiger partial charge in [-0.3, -0.25) is 37.3 Å². The molecule has 0 aliphatic carbocycles. The maximum absolute atomic E-state index is 13.1. The molecule has 0 aromatic rings. The molecule has 0 rings (SSSR count). The minimum Gasteiger partial charge on any atom is -0.462 e. The van der Waals surface area contributed by atoms with Gasteiger partial charge in [-0.25, -0.2) is 9.13 Å². The van der Waals surface area contributed by atoms with E-state index in [-0.39, 0.29) is 25.7 Å². The van der Waals surface area contributed by atoms with Crippen LogP contribution in [0, 0.1) is 0 Å². The summed E-state index contributed by atoms with van der Waals surface area (Å²) in [5, 5.41) is 10.6. The van der Waals surface area contributed by atoms with Gasteiger partial charge in [0.25, 0.3) is 0 Å². The van der Waals surface area contributed by atoms with E-state index in [2.05, 4.69) is 125 Å². The van der Waals surface area contributed by atoms with Crippen molar-refractivity contribution < 1.29 is 80.2 Å². The van der Waals surface area contributed by atoms with E-state index in [1.165, 1.54) is 89.9 Å². The van der Waals surface area contributed by atoms with Crippen LogP contribution in [0.25, 0.3) is 0 Å². The number of aliphatic hydroxyl groups is 1. The number of rotatable bonds is 73. The SMILES string of the molecule is CCCCC/C=C\C/C=C\C/C=C\C/C=C\CCCC(=O)O[C@H](COC(=O)CCCCCCC/C=C\CCCCCC)COP(=O)(O)OC[C@@H](O)COP(=O)(O)OC[C@@H](COC(=O)CCCCCCC/C=C\C=C/CCCCCC)OC(=O)CCCCCCC/C=C\C/C=C\CCCCC. The Labute approximate surface area is 607 Å². The summed E-state index contributed by atoms with van der Waals surface area (Å²) in [7, 11) is -9.98. The Balaban J connectivity index is 5.43. The molecule has 0 bridgehead atoms. The van der Waals surface area contributed by atoms with E-state index in [4.69, 9.17) is 37.0 Å². The Hall–Kier alpha value is -4.28. The van der Waals surface area contributed by atoms with Crippen LogP contribution in [0.5, 0.6) is 0 Å². The lowest BCUT2D eigenvalue weighted by molar-refractivity contribution is -0.161. The summed E-state index contributed by atoms with van der Waals surface area (Å²) in [6, 6.07) is 0. The van der Waals surface area contributed by atoms with E-state index in [9.17, 15) is 43.2 Å². The van der Waals surface area contributed by atoms with Crippen molar-refractivity contribution in [2.24, 2.45) is 0 Å². The van der Waals surface area contributed by atoms with Gasteiger partial charge in [0.2, 0.25) is 0 Å². The summed E-state index contributed by atoms with van der Waals surface area (Å²) in [6.07, 6.45) is 77.9. The maximum atomic E-state index is 13.1. The molecule has 0 heterocycles. The number of hydrogen-bond acceptors (Lipinski definition) is 15. The second-order valence-corrected chi connectivity index (χ2v) is 28.9. The molecule has 576 valence electrons. The highest BCUT2D eigenvalue weighted by molar-refractivity contribution is 7.47. The Morgan fingerprint density at radius 1 is 0.290 bits per heavy atom. The van der Waals surface area contributed by atoms with E-state index in [1.54, 1.807) is 0 Å². The summed E-state index contributed by atoms with van der Waals surface area (Å²) in [5.74, 6) is -2.28. The first kappa shape index (κ1) is 95.7. The quantitative estimate of drug-likeness (QED) is 0.0128. The molecule has 19 heteroatoms. The Morgan fingerprint density at radius 3 is 0.880 bits per heavy atom.